The van der Waals surface area contributed by atoms with Crippen molar-refractivity contribution in [3.63, 3.8) is 0 Å². The molecule has 2 aromatic carbocycles. The summed E-state index contributed by atoms with van der Waals surface area (Å²) >= 11 is 0. The van der Waals surface area contributed by atoms with Crippen molar-refractivity contribution >= 4 is 28.3 Å². The van der Waals surface area contributed by atoms with Gasteiger partial charge in [-0.15, -0.1) is 12.4 Å². The number of benzene rings is 2. The molecule has 1 aliphatic rings. The highest BCUT2D eigenvalue weighted by Crippen LogP contribution is 2.20. The van der Waals surface area contributed by atoms with Crippen molar-refractivity contribution in [3.8, 4) is 0 Å². The molecule has 1 amide bonds. The second-order valence-electron chi connectivity index (χ2n) is 6.80. The van der Waals surface area contributed by atoms with Crippen LogP contribution in [0.1, 0.15) is 22.3 Å². The monoisotopic (exact) mass is 423 g/mol. The third-order valence-electron chi connectivity index (χ3n) is 4.77. The topological polar surface area (TPSA) is 78.5 Å². The molecule has 1 atom stereocenters. The van der Waals surface area contributed by atoms with E-state index in [4.69, 9.17) is 0 Å². The molecule has 1 unspecified atom stereocenters. The van der Waals surface area contributed by atoms with Crippen LogP contribution < -0.4 is 10.0 Å². The Bertz CT molecular complexity index is 891. The predicted molar refractivity (Wildman–Crippen MR) is 112 cm³/mol. The van der Waals surface area contributed by atoms with Crippen LogP contribution in [-0.2, 0) is 16.6 Å². The molecule has 0 aromatic heterocycles. The van der Waals surface area contributed by atoms with Gasteiger partial charge in [0.25, 0.3) is 5.91 Å². The lowest BCUT2D eigenvalue weighted by molar-refractivity contribution is 0.0787. The van der Waals surface area contributed by atoms with E-state index in [0.29, 0.717) is 24.6 Å². The van der Waals surface area contributed by atoms with Crippen LogP contribution in [0.15, 0.2) is 59.5 Å². The van der Waals surface area contributed by atoms with Gasteiger partial charge in [0.15, 0.2) is 0 Å². The van der Waals surface area contributed by atoms with Crippen molar-refractivity contribution in [3.05, 3.63) is 65.7 Å². The average molecular weight is 424 g/mol. The molecule has 152 valence electrons. The summed E-state index contributed by atoms with van der Waals surface area (Å²) < 4.78 is 27.8. The lowest BCUT2D eigenvalue weighted by Gasteiger charge is -2.17. The minimum absolute atomic E-state index is 0. The maximum atomic E-state index is 12.7. The average Bonchev–Trinajstić information content (AvgIpc) is 3.16. The van der Waals surface area contributed by atoms with Crippen molar-refractivity contribution in [2.75, 3.05) is 26.7 Å². The fourth-order valence-electron chi connectivity index (χ4n) is 3.31. The number of amides is 1. The molecule has 1 aliphatic heterocycles. The van der Waals surface area contributed by atoms with E-state index in [9.17, 15) is 13.2 Å². The van der Waals surface area contributed by atoms with Crippen LogP contribution in [-0.4, -0.2) is 45.9 Å². The van der Waals surface area contributed by atoms with Gasteiger partial charge in [0.1, 0.15) is 0 Å². The SMILES string of the molecule is CNCC1CCN(C(=O)c2cccc(S(=O)(=O)NCc3ccccc3)c2)C1.Cl. The largest absolute Gasteiger partial charge is 0.338 e. The zero-order chi connectivity index (χ0) is 19.3. The van der Waals surface area contributed by atoms with Gasteiger partial charge in [0, 0.05) is 25.2 Å². The fourth-order valence-corrected chi connectivity index (χ4v) is 4.37. The van der Waals surface area contributed by atoms with E-state index in [1.165, 1.54) is 12.1 Å². The molecule has 2 N–H and O–H groups in total. The van der Waals surface area contributed by atoms with E-state index < -0.39 is 10.0 Å². The van der Waals surface area contributed by atoms with Crippen LogP contribution in [0, 0.1) is 5.92 Å². The first-order valence-corrected chi connectivity index (χ1v) is 10.6. The fraction of sp³-hybridized carbons (Fsp3) is 0.350. The van der Waals surface area contributed by atoms with E-state index in [2.05, 4.69) is 10.0 Å². The summed E-state index contributed by atoms with van der Waals surface area (Å²) in [6.45, 7) is 2.48. The Balaban J connectivity index is 0.00000280. The molecule has 1 fully saturated rings. The Morgan fingerprint density at radius 3 is 2.61 bits per heavy atom. The molecule has 0 bridgehead atoms. The number of halogens is 1. The first-order chi connectivity index (χ1) is 13.0. The summed E-state index contributed by atoms with van der Waals surface area (Å²) in [6.07, 6.45) is 0.962. The van der Waals surface area contributed by atoms with Crippen LogP contribution >= 0.6 is 12.4 Å². The summed E-state index contributed by atoms with van der Waals surface area (Å²) in [5.74, 6) is 0.326. The molecule has 0 radical (unpaired) electrons. The number of nitrogens with one attached hydrogen (secondary N) is 2. The van der Waals surface area contributed by atoms with Crippen molar-refractivity contribution in [1.82, 2.24) is 14.9 Å². The number of carbonyl (C=O) groups excluding carboxylic acids is 1. The molecule has 6 nitrogen and oxygen atoms in total. The molecule has 1 saturated heterocycles. The summed E-state index contributed by atoms with van der Waals surface area (Å²) in [7, 11) is -1.78. The minimum atomic E-state index is -3.69. The Kier molecular flexibility index (Phi) is 8.00. The number of sulfonamides is 1. The van der Waals surface area contributed by atoms with Crippen molar-refractivity contribution in [2.24, 2.45) is 5.92 Å². The highest BCUT2D eigenvalue weighted by Gasteiger charge is 2.27. The molecule has 0 spiro atoms. The molecule has 3 rings (SSSR count). The van der Waals surface area contributed by atoms with E-state index >= 15 is 0 Å². The molecule has 2 aromatic rings. The molecule has 1 heterocycles. The van der Waals surface area contributed by atoms with E-state index in [1.807, 2.05) is 37.4 Å². The standard InChI is InChI=1S/C20H25N3O3S.ClH/c1-21-13-17-10-11-23(15-17)20(24)18-8-5-9-19(12-18)27(25,26)22-14-16-6-3-2-4-7-16;/h2-9,12,17,21-22H,10-11,13-15H2,1H3;1H. The molecule has 28 heavy (non-hydrogen) atoms. The van der Waals surface area contributed by atoms with Gasteiger partial charge in [-0.05, 0) is 49.7 Å². The summed E-state index contributed by atoms with van der Waals surface area (Å²) in [5.41, 5.74) is 1.28. The Morgan fingerprint density at radius 2 is 1.89 bits per heavy atom. The zero-order valence-electron chi connectivity index (χ0n) is 15.8. The first kappa shape index (κ1) is 22.4. The Labute approximate surface area is 172 Å². The lowest BCUT2D eigenvalue weighted by Crippen LogP contribution is -2.30. The zero-order valence-corrected chi connectivity index (χ0v) is 17.4. The predicted octanol–water partition coefficient (Wildman–Crippen LogP) is 2.27. The van der Waals surface area contributed by atoms with E-state index in [1.54, 1.807) is 17.0 Å². The number of likely N-dealkylation sites (tertiary alicyclic amines) is 1. The maximum absolute atomic E-state index is 12.7. The second kappa shape index (κ2) is 10.0. The van der Waals surface area contributed by atoms with Gasteiger partial charge in [-0.1, -0.05) is 36.4 Å². The van der Waals surface area contributed by atoms with E-state index in [0.717, 1.165) is 18.5 Å². The van der Waals surface area contributed by atoms with E-state index in [-0.39, 0.29) is 29.8 Å². The van der Waals surface area contributed by atoms with Crippen LogP contribution in [0.3, 0.4) is 0 Å². The third-order valence-corrected chi connectivity index (χ3v) is 6.17. The van der Waals surface area contributed by atoms with Crippen molar-refractivity contribution in [2.45, 2.75) is 17.9 Å². The van der Waals surface area contributed by atoms with Gasteiger partial charge < -0.3 is 10.2 Å². The molecule has 8 heteroatoms. The Morgan fingerprint density at radius 1 is 1.14 bits per heavy atom. The van der Waals surface area contributed by atoms with Gasteiger partial charge in [-0.2, -0.15) is 0 Å². The third kappa shape index (κ3) is 5.54. The van der Waals surface area contributed by atoms with Gasteiger partial charge in [-0.25, -0.2) is 13.1 Å². The van der Waals surface area contributed by atoms with Gasteiger partial charge in [0.05, 0.1) is 4.90 Å². The Hall–Kier alpha value is -1.93. The number of hydrogen-bond donors (Lipinski definition) is 2. The summed E-state index contributed by atoms with van der Waals surface area (Å²) in [6, 6.07) is 15.6. The number of carbonyl (C=O) groups is 1. The first-order valence-electron chi connectivity index (χ1n) is 9.07. The molecule has 0 saturated carbocycles. The van der Waals surface area contributed by atoms with Crippen LogP contribution in [0.5, 0.6) is 0 Å². The highest BCUT2D eigenvalue weighted by molar-refractivity contribution is 7.89. The maximum Gasteiger partial charge on any atom is 0.253 e. The smallest absolute Gasteiger partial charge is 0.253 e. The lowest BCUT2D eigenvalue weighted by atomic mass is 10.1. The molecule has 0 aliphatic carbocycles. The van der Waals surface area contributed by atoms with Gasteiger partial charge in [-0.3, -0.25) is 4.79 Å². The highest BCUT2D eigenvalue weighted by atomic mass is 35.5. The number of rotatable bonds is 7. The normalized spacial score (nSPS) is 16.6. The quantitative estimate of drug-likeness (QED) is 0.716. The molecular weight excluding hydrogens is 398 g/mol. The van der Waals surface area contributed by atoms with Crippen LogP contribution in [0.2, 0.25) is 0 Å². The van der Waals surface area contributed by atoms with Crippen molar-refractivity contribution < 1.29 is 13.2 Å². The second-order valence-corrected chi connectivity index (χ2v) is 8.57. The van der Waals surface area contributed by atoms with Gasteiger partial charge >= 0.3 is 0 Å². The minimum Gasteiger partial charge on any atom is -0.338 e. The number of hydrogen-bond acceptors (Lipinski definition) is 4. The van der Waals surface area contributed by atoms with Crippen molar-refractivity contribution in [1.29, 1.82) is 0 Å². The summed E-state index contributed by atoms with van der Waals surface area (Å²) in [5, 5.41) is 3.14. The summed E-state index contributed by atoms with van der Waals surface area (Å²) in [4.78, 5) is 14.6. The van der Waals surface area contributed by atoms with Crippen LogP contribution in [0.4, 0.5) is 0 Å². The number of nitrogens with zero attached hydrogens (tertiary/aromatic N) is 1. The molecular formula is C20H26ClN3O3S. The van der Waals surface area contributed by atoms with Gasteiger partial charge in [0.2, 0.25) is 10.0 Å². The van der Waals surface area contributed by atoms with Crippen LogP contribution in [0.25, 0.3) is 0 Å².